The number of benzene rings is 1. The molecule has 0 bridgehead atoms. The number of ether oxygens (including phenoxy) is 3. The molecule has 0 atom stereocenters. The number of hydrogen-bond donors (Lipinski definition) is 0. The van der Waals surface area contributed by atoms with E-state index in [4.69, 9.17) is 27.1 Å². The van der Waals surface area contributed by atoms with Gasteiger partial charge in [0, 0.05) is 56.5 Å². The molecule has 1 heterocycles. The van der Waals surface area contributed by atoms with Crippen LogP contribution in [0, 0.1) is 37.5 Å². The van der Waals surface area contributed by atoms with Gasteiger partial charge < -0.3 is 19.0 Å². The van der Waals surface area contributed by atoms with Crippen molar-refractivity contribution in [3.8, 4) is 30.4 Å². The number of methoxy groups -OCH3 is 1. The summed E-state index contributed by atoms with van der Waals surface area (Å²) in [4.78, 5) is 38.0. The Kier molecular flexibility index (Phi) is 26.9. The number of terminal acetylenes is 2. The van der Waals surface area contributed by atoms with Gasteiger partial charge in [0.1, 0.15) is 12.9 Å². The number of esters is 2. The SMILES string of the molecule is C#CCCCC(=O)OCc1c(COC)cnc(C)c1OC(=O)CCC/C=C\C.C#CCCCC=O.c1ccc(CCCCCC2CCCC2)cc1. The average Bonchev–Trinajstić information content (AvgIpc) is 3.66. The summed E-state index contributed by atoms with van der Waals surface area (Å²) in [5, 5.41) is 0. The molecule has 7 nitrogen and oxygen atoms in total. The van der Waals surface area contributed by atoms with Crippen LogP contribution in [0.1, 0.15) is 138 Å². The number of pyridine rings is 1. The van der Waals surface area contributed by atoms with Crippen molar-refractivity contribution in [2.45, 2.75) is 143 Å². The predicted molar refractivity (Wildman–Crippen MR) is 206 cm³/mol. The number of allylic oxidation sites excluding steroid dienone is 2. The lowest BCUT2D eigenvalue weighted by molar-refractivity contribution is -0.145. The molecule has 0 aliphatic heterocycles. The summed E-state index contributed by atoms with van der Waals surface area (Å²) < 4.78 is 16.1. The Morgan fingerprint density at radius 2 is 1.61 bits per heavy atom. The summed E-state index contributed by atoms with van der Waals surface area (Å²) in [6.45, 7) is 3.94. The molecule has 0 radical (unpaired) electrons. The van der Waals surface area contributed by atoms with Crippen molar-refractivity contribution in [3.05, 3.63) is 71.1 Å². The van der Waals surface area contributed by atoms with Crippen molar-refractivity contribution < 1.29 is 28.6 Å². The number of aryl methyl sites for hydroxylation is 2. The van der Waals surface area contributed by atoms with Crippen molar-refractivity contribution in [1.29, 1.82) is 0 Å². The number of carbonyl (C=O) groups excluding carboxylic acids is 3. The van der Waals surface area contributed by atoms with Crippen LogP contribution in [-0.4, -0.2) is 30.3 Å². The van der Waals surface area contributed by atoms with E-state index in [2.05, 4.69) is 47.2 Å². The Labute approximate surface area is 308 Å². The zero-order valence-electron chi connectivity index (χ0n) is 31.5. The van der Waals surface area contributed by atoms with Crippen LogP contribution in [0.3, 0.4) is 0 Å². The van der Waals surface area contributed by atoms with Crippen molar-refractivity contribution in [3.63, 3.8) is 0 Å². The van der Waals surface area contributed by atoms with Crippen LogP contribution in [0.15, 0.2) is 48.7 Å². The van der Waals surface area contributed by atoms with E-state index in [0.29, 0.717) is 54.7 Å². The second-order valence-corrected chi connectivity index (χ2v) is 12.8. The molecular weight excluding hydrogens is 638 g/mol. The highest BCUT2D eigenvalue weighted by atomic mass is 16.5. The average molecular weight is 700 g/mol. The van der Waals surface area contributed by atoms with E-state index in [9.17, 15) is 14.4 Å². The highest BCUT2D eigenvalue weighted by Gasteiger charge is 2.19. The molecule has 0 unspecified atom stereocenters. The molecule has 0 spiro atoms. The van der Waals surface area contributed by atoms with E-state index >= 15 is 0 Å². The van der Waals surface area contributed by atoms with Gasteiger partial charge in [-0.1, -0.05) is 87.4 Å². The summed E-state index contributed by atoms with van der Waals surface area (Å²) in [7, 11) is 1.56. The van der Waals surface area contributed by atoms with Gasteiger partial charge in [-0.15, -0.1) is 24.7 Å². The summed E-state index contributed by atoms with van der Waals surface area (Å²) in [6.07, 6.45) is 34.9. The molecule has 51 heavy (non-hydrogen) atoms. The zero-order valence-corrected chi connectivity index (χ0v) is 31.5. The summed E-state index contributed by atoms with van der Waals surface area (Å²) in [5.41, 5.74) is 3.37. The fourth-order valence-electron chi connectivity index (χ4n) is 5.67. The van der Waals surface area contributed by atoms with Gasteiger partial charge >= 0.3 is 11.9 Å². The van der Waals surface area contributed by atoms with Crippen molar-refractivity contribution in [2.75, 3.05) is 7.11 Å². The molecule has 1 aromatic carbocycles. The Bertz CT molecular complexity index is 1350. The Hall–Kier alpha value is -4.20. The van der Waals surface area contributed by atoms with E-state index in [-0.39, 0.29) is 31.6 Å². The van der Waals surface area contributed by atoms with Crippen LogP contribution < -0.4 is 4.74 Å². The van der Waals surface area contributed by atoms with Crippen LogP contribution in [-0.2, 0) is 43.5 Å². The maximum Gasteiger partial charge on any atom is 0.311 e. The third kappa shape index (κ3) is 22.3. The standard InChI is InChI=1S/C22H29NO5.C16H24.C6H8O/c1-5-7-9-11-13-21(25)28-22-17(3)23-14-18(15-26-4)19(22)16-27-20(24)12-10-8-6-2;1-3-9-15(10-4-1)11-5-2-6-12-16-13-7-8-14-16;1-2-3-4-5-6-7/h2,5,7,14H,8-13,15-16H2,1,3-4H3;1,3-4,9-10,16H,2,5-8,11-14H2;1,6H,3-5H2/b7-5-;;. The second kappa shape index (κ2) is 30.6. The zero-order chi connectivity index (χ0) is 37.4. The van der Waals surface area contributed by atoms with Gasteiger partial charge in [0.25, 0.3) is 0 Å². The molecule has 1 aliphatic rings. The van der Waals surface area contributed by atoms with Gasteiger partial charge in [0.15, 0.2) is 5.75 Å². The number of hydrogen-bond acceptors (Lipinski definition) is 7. The smallest absolute Gasteiger partial charge is 0.311 e. The minimum Gasteiger partial charge on any atom is -0.461 e. The van der Waals surface area contributed by atoms with Gasteiger partial charge in [-0.2, -0.15) is 0 Å². The molecule has 3 rings (SSSR count). The molecule has 1 fully saturated rings. The number of aromatic nitrogens is 1. The first-order chi connectivity index (χ1) is 24.9. The molecular formula is C44H61NO6. The van der Waals surface area contributed by atoms with Crippen LogP contribution >= 0.6 is 0 Å². The van der Waals surface area contributed by atoms with Crippen LogP contribution in [0.4, 0.5) is 0 Å². The van der Waals surface area contributed by atoms with Crippen LogP contribution in [0.2, 0.25) is 0 Å². The van der Waals surface area contributed by atoms with E-state index in [1.165, 1.54) is 63.4 Å². The lowest BCUT2D eigenvalue weighted by Crippen LogP contribution is -2.14. The molecule has 1 aliphatic carbocycles. The normalized spacial score (nSPS) is 12.1. The molecule has 0 saturated heterocycles. The number of aldehydes is 1. The Morgan fingerprint density at radius 1 is 0.902 bits per heavy atom. The number of carbonyl (C=O) groups is 3. The summed E-state index contributed by atoms with van der Waals surface area (Å²) >= 11 is 0. The van der Waals surface area contributed by atoms with Crippen LogP contribution in [0.5, 0.6) is 5.75 Å². The number of unbranched alkanes of at least 4 members (excludes halogenated alkanes) is 6. The van der Waals surface area contributed by atoms with Gasteiger partial charge in [-0.05, 0) is 63.9 Å². The first kappa shape index (κ1) is 44.8. The Morgan fingerprint density at radius 3 is 2.27 bits per heavy atom. The topological polar surface area (TPSA) is 91.8 Å². The lowest BCUT2D eigenvalue weighted by atomic mass is 9.98. The molecule has 278 valence electrons. The fraction of sp³-hybridized carbons (Fsp3) is 0.545. The monoisotopic (exact) mass is 699 g/mol. The maximum absolute atomic E-state index is 12.2. The van der Waals surface area contributed by atoms with Crippen molar-refractivity contribution in [2.24, 2.45) is 5.92 Å². The molecule has 1 saturated carbocycles. The van der Waals surface area contributed by atoms with E-state index in [0.717, 1.165) is 31.5 Å². The maximum atomic E-state index is 12.2. The molecule has 0 amide bonds. The van der Waals surface area contributed by atoms with Crippen molar-refractivity contribution >= 4 is 18.2 Å². The molecule has 1 aromatic heterocycles. The van der Waals surface area contributed by atoms with Crippen LogP contribution in [0.25, 0.3) is 0 Å². The molecule has 7 heteroatoms. The minimum absolute atomic E-state index is 0.0157. The molecule has 0 N–H and O–H groups in total. The molecule has 2 aromatic rings. The van der Waals surface area contributed by atoms with Gasteiger partial charge in [0.2, 0.25) is 0 Å². The van der Waals surface area contributed by atoms with Gasteiger partial charge in [-0.25, -0.2) is 0 Å². The highest BCUT2D eigenvalue weighted by molar-refractivity contribution is 5.73. The fourth-order valence-corrected chi connectivity index (χ4v) is 5.67. The third-order valence-corrected chi connectivity index (χ3v) is 8.53. The largest absolute Gasteiger partial charge is 0.461 e. The summed E-state index contributed by atoms with van der Waals surface area (Å²) in [5.74, 6) is 5.66. The highest BCUT2D eigenvalue weighted by Crippen LogP contribution is 2.29. The second-order valence-electron chi connectivity index (χ2n) is 12.8. The van der Waals surface area contributed by atoms with Crippen molar-refractivity contribution in [1.82, 2.24) is 4.98 Å². The van der Waals surface area contributed by atoms with E-state index < -0.39 is 0 Å². The summed E-state index contributed by atoms with van der Waals surface area (Å²) in [6, 6.07) is 10.9. The first-order valence-electron chi connectivity index (χ1n) is 18.7. The first-order valence-corrected chi connectivity index (χ1v) is 18.7. The van der Waals surface area contributed by atoms with Gasteiger partial charge in [0.05, 0.1) is 12.3 Å². The number of nitrogens with zero attached hydrogens (tertiary/aromatic N) is 1. The minimum atomic E-state index is -0.350. The number of rotatable bonds is 21. The third-order valence-electron chi connectivity index (χ3n) is 8.53. The van der Waals surface area contributed by atoms with E-state index in [1.807, 2.05) is 19.1 Å². The Balaban J connectivity index is 0.000000469. The van der Waals surface area contributed by atoms with Gasteiger partial charge in [-0.3, -0.25) is 14.6 Å². The lowest BCUT2D eigenvalue weighted by Gasteiger charge is -2.16. The quantitative estimate of drug-likeness (QED) is 0.0421. The predicted octanol–water partition coefficient (Wildman–Crippen LogP) is 10.0. The van der Waals surface area contributed by atoms with E-state index in [1.54, 1.807) is 20.2 Å².